The van der Waals surface area contributed by atoms with Gasteiger partial charge in [0.25, 0.3) is 5.56 Å². The number of hydrogen-bond donors (Lipinski definition) is 2. The van der Waals surface area contributed by atoms with Crippen molar-refractivity contribution in [2.45, 2.75) is 39.2 Å². The van der Waals surface area contributed by atoms with E-state index in [2.05, 4.69) is 9.97 Å². The average molecular weight is 323 g/mol. The first-order valence-electron chi connectivity index (χ1n) is 7.60. The van der Waals surface area contributed by atoms with Crippen molar-refractivity contribution in [3.05, 3.63) is 27.4 Å². The van der Waals surface area contributed by atoms with Gasteiger partial charge in [0.1, 0.15) is 5.82 Å². The van der Waals surface area contributed by atoms with Crippen LogP contribution in [-0.2, 0) is 27.2 Å². The third kappa shape index (κ3) is 4.16. The summed E-state index contributed by atoms with van der Waals surface area (Å²) in [6.07, 6.45) is 0.344. The molecule has 0 spiro atoms. The fourth-order valence-electron chi connectivity index (χ4n) is 2.65. The molecule has 23 heavy (non-hydrogen) atoms. The Bertz CT molecular complexity index is 655. The summed E-state index contributed by atoms with van der Waals surface area (Å²) in [6.45, 7) is 4.47. The molecule has 1 aliphatic heterocycles. The maximum absolute atomic E-state index is 12.5. The largest absolute Gasteiger partial charge is 0.481 e. The van der Waals surface area contributed by atoms with E-state index in [4.69, 9.17) is 9.84 Å². The van der Waals surface area contributed by atoms with Crippen molar-refractivity contribution in [3.63, 3.8) is 0 Å². The maximum atomic E-state index is 12.5. The predicted octanol–water partition coefficient (Wildman–Crippen LogP) is -0.115. The number of aromatic nitrogens is 2. The van der Waals surface area contributed by atoms with Crippen LogP contribution in [0.5, 0.6) is 0 Å². The van der Waals surface area contributed by atoms with Crippen LogP contribution in [-0.4, -0.2) is 57.7 Å². The van der Waals surface area contributed by atoms with Crippen LogP contribution in [0.15, 0.2) is 4.79 Å². The number of morpholine rings is 1. The molecule has 2 heterocycles. The zero-order valence-electron chi connectivity index (χ0n) is 13.3. The van der Waals surface area contributed by atoms with Gasteiger partial charge in [-0.25, -0.2) is 4.98 Å². The molecule has 1 unspecified atom stereocenters. The van der Waals surface area contributed by atoms with Crippen LogP contribution in [0.25, 0.3) is 0 Å². The Labute approximate surface area is 133 Å². The third-order valence-corrected chi connectivity index (χ3v) is 3.89. The van der Waals surface area contributed by atoms with Gasteiger partial charge in [-0.05, 0) is 6.92 Å². The van der Waals surface area contributed by atoms with Crippen LogP contribution in [0.2, 0.25) is 0 Å². The number of hydrogen-bond acceptors (Lipinski definition) is 5. The highest BCUT2D eigenvalue weighted by Crippen LogP contribution is 2.13. The van der Waals surface area contributed by atoms with Crippen LogP contribution in [0.3, 0.4) is 0 Å². The number of aryl methyl sites for hydroxylation is 2. The van der Waals surface area contributed by atoms with E-state index in [1.807, 2.05) is 6.92 Å². The number of aliphatic carboxylic acids is 1. The van der Waals surface area contributed by atoms with Gasteiger partial charge in [-0.1, -0.05) is 6.92 Å². The molecule has 2 rings (SSSR count). The van der Waals surface area contributed by atoms with Crippen LogP contribution in [0, 0.1) is 6.92 Å². The van der Waals surface area contributed by atoms with E-state index in [1.165, 1.54) is 4.90 Å². The number of rotatable bonds is 5. The first-order valence-corrected chi connectivity index (χ1v) is 7.60. The van der Waals surface area contributed by atoms with Crippen molar-refractivity contribution in [3.8, 4) is 0 Å². The summed E-state index contributed by atoms with van der Waals surface area (Å²) in [4.78, 5) is 44.0. The van der Waals surface area contributed by atoms with Gasteiger partial charge in [0.15, 0.2) is 0 Å². The molecule has 2 N–H and O–H groups in total. The quantitative estimate of drug-likeness (QED) is 0.781. The van der Waals surface area contributed by atoms with Gasteiger partial charge in [-0.15, -0.1) is 0 Å². The molecular weight excluding hydrogens is 302 g/mol. The summed E-state index contributed by atoms with van der Waals surface area (Å²) in [6, 6.07) is -0.504. The maximum Gasteiger partial charge on any atom is 0.305 e. The van der Waals surface area contributed by atoms with E-state index in [9.17, 15) is 14.4 Å². The van der Waals surface area contributed by atoms with Gasteiger partial charge in [-0.3, -0.25) is 14.4 Å². The van der Waals surface area contributed by atoms with Crippen LogP contribution in [0.1, 0.15) is 30.4 Å². The topological polar surface area (TPSA) is 113 Å². The fraction of sp³-hybridized carbons (Fsp3) is 0.600. The Morgan fingerprint density at radius 1 is 1.48 bits per heavy atom. The highest BCUT2D eigenvalue weighted by atomic mass is 16.5. The monoisotopic (exact) mass is 323 g/mol. The van der Waals surface area contributed by atoms with E-state index < -0.39 is 12.0 Å². The summed E-state index contributed by atoms with van der Waals surface area (Å²) < 4.78 is 5.25. The number of carbonyl (C=O) groups is 2. The minimum atomic E-state index is -0.985. The molecule has 1 atom stereocenters. The number of ether oxygens (including phenoxy) is 1. The van der Waals surface area contributed by atoms with Crippen molar-refractivity contribution in [1.82, 2.24) is 14.9 Å². The zero-order valence-corrected chi connectivity index (χ0v) is 13.3. The molecule has 1 aromatic heterocycles. The van der Waals surface area contributed by atoms with Gasteiger partial charge in [-0.2, -0.15) is 0 Å². The molecule has 1 saturated heterocycles. The standard InChI is InChI=1S/C15H21N3O5/c1-3-12-16-9(2)11(15(22)17-12)7-13(19)18-4-5-23-8-10(18)6-14(20)21/h10H,3-8H2,1-2H3,(H,20,21)(H,16,17,22). The van der Waals surface area contributed by atoms with E-state index in [0.29, 0.717) is 36.7 Å². The Kier molecular flexibility index (Phi) is 5.49. The number of nitrogens with zero attached hydrogens (tertiary/aromatic N) is 2. The number of H-pyrrole nitrogens is 1. The second-order valence-corrected chi connectivity index (χ2v) is 5.52. The minimum absolute atomic E-state index is 0.0890. The van der Waals surface area contributed by atoms with E-state index >= 15 is 0 Å². The average Bonchev–Trinajstić information content (AvgIpc) is 2.50. The van der Waals surface area contributed by atoms with Crippen molar-refractivity contribution in [2.75, 3.05) is 19.8 Å². The van der Waals surface area contributed by atoms with E-state index in [0.717, 1.165) is 0 Å². The van der Waals surface area contributed by atoms with Gasteiger partial charge in [0, 0.05) is 24.2 Å². The number of amides is 1. The van der Waals surface area contributed by atoms with Crippen LogP contribution < -0.4 is 5.56 Å². The van der Waals surface area contributed by atoms with Crippen molar-refractivity contribution in [2.24, 2.45) is 0 Å². The second-order valence-electron chi connectivity index (χ2n) is 5.52. The molecule has 1 fully saturated rings. The molecule has 0 saturated carbocycles. The lowest BCUT2D eigenvalue weighted by Gasteiger charge is -2.35. The normalized spacial score (nSPS) is 18.0. The van der Waals surface area contributed by atoms with E-state index in [-0.39, 0.29) is 30.9 Å². The van der Waals surface area contributed by atoms with Gasteiger partial charge in [0.2, 0.25) is 5.91 Å². The lowest BCUT2D eigenvalue weighted by Crippen LogP contribution is -2.50. The summed E-state index contributed by atoms with van der Waals surface area (Å²) in [5.74, 6) is -0.681. The molecule has 126 valence electrons. The molecule has 1 aromatic rings. The molecule has 8 heteroatoms. The highest BCUT2D eigenvalue weighted by Gasteiger charge is 2.29. The number of nitrogens with one attached hydrogen (secondary N) is 1. The SMILES string of the molecule is CCc1nc(C)c(CC(=O)N2CCOCC2CC(=O)O)c(=O)[nH]1. The van der Waals surface area contributed by atoms with Gasteiger partial charge < -0.3 is 19.7 Å². The second kappa shape index (κ2) is 7.36. The smallest absolute Gasteiger partial charge is 0.305 e. The summed E-state index contributed by atoms with van der Waals surface area (Å²) >= 11 is 0. The predicted molar refractivity (Wildman–Crippen MR) is 81.2 cm³/mol. The van der Waals surface area contributed by atoms with Crippen LogP contribution >= 0.6 is 0 Å². The molecule has 1 amide bonds. The third-order valence-electron chi connectivity index (χ3n) is 3.89. The Morgan fingerprint density at radius 2 is 2.22 bits per heavy atom. The zero-order chi connectivity index (χ0) is 17.0. The molecule has 0 radical (unpaired) electrons. The van der Waals surface area contributed by atoms with Crippen molar-refractivity contribution >= 4 is 11.9 Å². The fourth-order valence-corrected chi connectivity index (χ4v) is 2.65. The number of carboxylic acids is 1. The number of carbonyl (C=O) groups excluding carboxylic acids is 1. The molecule has 0 bridgehead atoms. The Balaban J connectivity index is 2.17. The Morgan fingerprint density at radius 3 is 2.83 bits per heavy atom. The lowest BCUT2D eigenvalue weighted by molar-refractivity contribution is -0.145. The molecule has 0 aliphatic carbocycles. The van der Waals surface area contributed by atoms with Crippen molar-refractivity contribution < 1.29 is 19.4 Å². The first-order chi connectivity index (χ1) is 10.9. The molecule has 8 nitrogen and oxygen atoms in total. The van der Waals surface area contributed by atoms with Gasteiger partial charge in [0.05, 0.1) is 32.1 Å². The summed E-state index contributed by atoms with van der Waals surface area (Å²) in [7, 11) is 0. The number of carboxylic acid groups (broad SMARTS) is 1. The Hall–Kier alpha value is -2.22. The van der Waals surface area contributed by atoms with Gasteiger partial charge >= 0.3 is 5.97 Å². The van der Waals surface area contributed by atoms with E-state index in [1.54, 1.807) is 6.92 Å². The van der Waals surface area contributed by atoms with Crippen molar-refractivity contribution in [1.29, 1.82) is 0 Å². The number of aromatic amines is 1. The minimum Gasteiger partial charge on any atom is -0.481 e. The molecule has 1 aliphatic rings. The summed E-state index contributed by atoms with van der Waals surface area (Å²) in [5, 5.41) is 8.94. The lowest BCUT2D eigenvalue weighted by atomic mass is 10.1. The summed E-state index contributed by atoms with van der Waals surface area (Å²) in [5.41, 5.74) is 0.542. The molecular formula is C15H21N3O5. The highest BCUT2D eigenvalue weighted by molar-refractivity contribution is 5.80. The molecule has 0 aromatic carbocycles. The van der Waals surface area contributed by atoms with Crippen LogP contribution in [0.4, 0.5) is 0 Å². The first kappa shape index (κ1) is 17.1.